The number of sulfone groups is 1. The third-order valence-corrected chi connectivity index (χ3v) is 5.25. The summed E-state index contributed by atoms with van der Waals surface area (Å²) in [6.45, 7) is 6.89. The van der Waals surface area contributed by atoms with E-state index in [4.69, 9.17) is 0 Å². The van der Waals surface area contributed by atoms with Crippen LogP contribution in [-0.4, -0.2) is 23.6 Å². The molecular weight excluding hydrogens is 274 g/mol. The average molecular weight is 291 g/mol. The second-order valence-electron chi connectivity index (χ2n) is 5.29. The quantitative estimate of drug-likeness (QED) is 0.869. The number of hydrogen-bond donors (Lipinski definition) is 0. The summed E-state index contributed by atoms with van der Waals surface area (Å²) in [6.07, 6.45) is 1.70. The van der Waals surface area contributed by atoms with Crippen LogP contribution < -0.4 is 0 Å². The van der Waals surface area contributed by atoms with Crippen LogP contribution in [0.15, 0.2) is 23.4 Å². The minimum Gasteiger partial charge on any atom is -0.290 e. The highest BCUT2D eigenvalue weighted by atomic mass is 32.2. The number of aromatic nitrogens is 2. The molecule has 106 valence electrons. The van der Waals surface area contributed by atoms with Crippen molar-refractivity contribution in [2.75, 3.05) is 5.75 Å². The van der Waals surface area contributed by atoms with Gasteiger partial charge >= 0.3 is 0 Å². The number of rotatable bonds is 3. The van der Waals surface area contributed by atoms with Gasteiger partial charge in [0, 0.05) is 6.20 Å². The molecule has 0 radical (unpaired) electrons. The molecule has 0 unspecified atom stereocenters. The van der Waals surface area contributed by atoms with Crippen molar-refractivity contribution in [3.05, 3.63) is 29.6 Å². The van der Waals surface area contributed by atoms with Crippen LogP contribution in [0.3, 0.4) is 0 Å². The summed E-state index contributed by atoms with van der Waals surface area (Å²) in [7, 11) is -3.36. The van der Waals surface area contributed by atoms with Crippen molar-refractivity contribution in [1.82, 2.24) is 9.38 Å². The van der Waals surface area contributed by atoms with Gasteiger partial charge in [-0.3, -0.25) is 4.40 Å². The minimum absolute atomic E-state index is 0.0213. The van der Waals surface area contributed by atoms with Gasteiger partial charge < -0.3 is 0 Å². The summed E-state index contributed by atoms with van der Waals surface area (Å²) in [5.41, 5.74) is 1.14. The standard InChI is InChI=1S/C14H17N3O2S/c1-5-20(18,19)13-10(2)16-12-7-6-11(8-17(12)13)14(3,4)9-15/h6-8H,5H2,1-4H3. The number of pyridine rings is 1. The van der Waals surface area contributed by atoms with E-state index in [0.29, 0.717) is 11.3 Å². The monoisotopic (exact) mass is 291 g/mol. The Morgan fingerprint density at radius 1 is 1.40 bits per heavy atom. The molecular formula is C14H17N3O2S. The van der Waals surface area contributed by atoms with E-state index in [1.54, 1.807) is 44.4 Å². The van der Waals surface area contributed by atoms with E-state index < -0.39 is 15.3 Å². The molecule has 0 N–H and O–H groups in total. The molecule has 2 rings (SSSR count). The lowest BCUT2D eigenvalue weighted by molar-refractivity contribution is 0.591. The first-order valence-corrected chi connectivity index (χ1v) is 8.01. The van der Waals surface area contributed by atoms with Crippen LogP contribution in [-0.2, 0) is 15.3 Å². The molecule has 6 heteroatoms. The van der Waals surface area contributed by atoms with Gasteiger partial charge in [0.2, 0.25) is 0 Å². The number of imidazole rings is 1. The lowest BCUT2D eigenvalue weighted by Gasteiger charge is -2.16. The van der Waals surface area contributed by atoms with E-state index in [1.807, 2.05) is 6.07 Å². The molecule has 0 saturated carbocycles. The van der Waals surface area contributed by atoms with E-state index in [9.17, 15) is 13.7 Å². The summed E-state index contributed by atoms with van der Waals surface area (Å²) >= 11 is 0. The Bertz CT molecular complexity index is 811. The molecule has 2 aromatic rings. The summed E-state index contributed by atoms with van der Waals surface area (Å²) in [4.78, 5) is 4.28. The van der Waals surface area contributed by atoms with Gasteiger partial charge in [-0.15, -0.1) is 0 Å². The highest BCUT2D eigenvalue weighted by Crippen LogP contribution is 2.25. The van der Waals surface area contributed by atoms with Crippen LogP contribution in [0.1, 0.15) is 32.0 Å². The minimum atomic E-state index is -3.36. The molecule has 0 spiro atoms. The van der Waals surface area contributed by atoms with Crippen molar-refractivity contribution in [3.8, 4) is 6.07 Å². The van der Waals surface area contributed by atoms with Gasteiger partial charge in [0.05, 0.1) is 22.9 Å². The largest absolute Gasteiger partial charge is 0.290 e. The Hall–Kier alpha value is -1.87. The molecule has 0 aliphatic rings. The Kier molecular flexibility index (Phi) is 3.34. The molecule has 0 aromatic carbocycles. The Labute approximate surface area is 118 Å². The van der Waals surface area contributed by atoms with Crippen LogP contribution in [0.4, 0.5) is 0 Å². The lowest BCUT2D eigenvalue weighted by Crippen LogP contribution is -2.15. The van der Waals surface area contributed by atoms with Crippen LogP contribution in [0.5, 0.6) is 0 Å². The van der Waals surface area contributed by atoms with Crippen LogP contribution in [0.2, 0.25) is 0 Å². The Morgan fingerprint density at radius 2 is 2.05 bits per heavy atom. The first-order valence-electron chi connectivity index (χ1n) is 6.36. The first-order chi connectivity index (χ1) is 9.23. The Balaban J connectivity index is 2.82. The van der Waals surface area contributed by atoms with E-state index >= 15 is 0 Å². The predicted molar refractivity (Wildman–Crippen MR) is 76.3 cm³/mol. The van der Waals surface area contributed by atoms with Crippen molar-refractivity contribution in [2.24, 2.45) is 0 Å². The van der Waals surface area contributed by atoms with Gasteiger partial charge in [-0.05, 0) is 32.4 Å². The smallest absolute Gasteiger partial charge is 0.195 e. The molecule has 0 saturated heterocycles. The van der Waals surface area contributed by atoms with Crippen LogP contribution in [0.25, 0.3) is 5.65 Å². The van der Waals surface area contributed by atoms with E-state index in [-0.39, 0.29) is 10.8 Å². The van der Waals surface area contributed by atoms with Crippen LogP contribution >= 0.6 is 0 Å². The number of nitriles is 1. The second-order valence-corrected chi connectivity index (χ2v) is 7.48. The summed E-state index contributed by atoms with van der Waals surface area (Å²) < 4.78 is 26.0. The number of aryl methyl sites for hydroxylation is 1. The number of fused-ring (bicyclic) bond motifs is 1. The molecule has 0 amide bonds. The summed E-state index contributed by atoms with van der Waals surface area (Å²) in [5, 5.41) is 9.42. The molecule has 20 heavy (non-hydrogen) atoms. The molecule has 2 aromatic heterocycles. The third kappa shape index (κ3) is 2.18. The SMILES string of the molecule is CCS(=O)(=O)c1c(C)nc2ccc(C(C)(C)C#N)cn12. The van der Waals surface area contributed by atoms with Gasteiger partial charge in [-0.1, -0.05) is 13.0 Å². The second kappa shape index (κ2) is 4.60. The van der Waals surface area contributed by atoms with Gasteiger partial charge in [0.1, 0.15) is 5.65 Å². The maximum absolute atomic E-state index is 12.2. The highest BCUT2D eigenvalue weighted by molar-refractivity contribution is 7.91. The fraction of sp³-hybridized carbons (Fsp3) is 0.429. The molecule has 0 fully saturated rings. The zero-order valence-corrected chi connectivity index (χ0v) is 12.8. The zero-order chi connectivity index (χ0) is 15.1. The van der Waals surface area contributed by atoms with Crippen LogP contribution in [0, 0.1) is 18.3 Å². The molecule has 2 heterocycles. The average Bonchev–Trinajstić information content (AvgIpc) is 2.74. The zero-order valence-electron chi connectivity index (χ0n) is 12.0. The summed E-state index contributed by atoms with van der Waals surface area (Å²) in [5.74, 6) is 0.0213. The number of hydrogen-bond acceptors (Lipinski definition) is 4. The van der Waals surface area contributed by atoms with Crippen molar-refractivity contribution >= 4 is 15.5 Å². The van der Waals surface area contributed by atoms with Crippen molar-refractivity contribution < 1.29 is 8.42 Å². The predicted octanol–water partition coefficient (Wildman–Crippen LogP) is 2.24. The highest BCUT2D eigenvalue weighted by Gasteiger charge is 2.24. The van der Waals surface area contributed by atoms with Crippen molar-refractivity contribution in [2.45, 2.75) is 38.1 Å². The van der Waals surface area contributed by atoms with E-state index in [1.165, 1.54) is 0 Å². The topological polar surface area (TPSA) is 75.2 Å². The molecule has 0 aliphatic heterocycles. The van der Waals surface area contributed by atoms with Crippen molar-refractivity contribution in [1.29, 1.82) is 5.26 Å². The van der Waals surface area contributed by atoms with Gasteiger partial charge in [0.25, 0.3) is 0 Å². The van der Waals surface area contributed by atoms with E-state index in [0.717, 1.165) is 5.56 Å². The van der Waals surface area contributed by atoms with E-state index in [2.05, 4.69) is 11.1 Å². The lowest BCUT2D eigenvalue weighted by atomic mass is 9.88. The van der Waals surface area contributed by atoms with Gasteiger partial charge in [-0.2, -0.15) is 5.26 Å². The summed E-state index contributed by atoms with van der Waals surface area (Å²) in [6, 6.07) is 5.78. The first kappa shape index (κ1) is 14.5. The molecule has 0 aliphatic carbocycles. The van der Waals surface area contributed by atoms with Gasteiger partial charge in [0.15, 0.2) is 14.9 Å². The normalized spacial score (nSPS) is 12.6. The van der Waals surface area contributed by atoms with Crippen molar-refractivity contribution in [3.63, 3.8) is 0 Å². The third-order valence-electron chi connectivity index (χ3n) is 3.41. The van der Waals surface area contributed by atoms with Gasteiger partial charge in [-0.25, -0.2) is 13.4 Å². The Morgan fingerprint density at radius 3 is 2.60 bits per heavy atom. The molecule has 0 atom stereocenters. The molecule has 0 bridgehead atoms. The number of nitrogens with zero attached hydrogens (tertiary/aromatic N) is 3. The maximum Gasteiger partial charge on any atom is 0.195 e. The molecule has 5 nitrogen and oxygen atoms in total. The fourth-order valence-electron chi connectivity index (χ4n) is 2.09. The maximum atomic E-state index is 12.2. The fourth-order valence-corrected chi connectivity index (χ4v) is 3.30.